The van der Waals surface area contributed by atoms with Crippen molar-refractivity contribution in [1.82, 2.24) is 0 Å². The van der Waals surface area contributed by atoms with E-state index in [0.717, 1.165) is 18.5 Å². The van der Waals surface area contributed by atoms with Crippen molar-refractivity contribution in [2.75, 3.05) is 5.43 Å². The molecule has 4 nitrogen and oxygen atoms in total. The monoisotopic (exact) mass is 242 g/mol. The molecule has 18 heavy (non-hydrogen) atoms. The van der Waals surface area contributed by atoms with E-state index in [1.54, 1.807) is 24.3 Å². The van der Waals surface area contributed by atoms with Gasteiger partial charge in [-0.1, -0.05) is 12.2 Å². The summed E-state index contributed by atoms with van der Waals surface area (Å²) in [5, 5.41) is 13.2. The lowest BCUT2D eigenvalue weighted by Gasteiger charge is -2.31. The Balaban J connectivity index is 1.63. The normalized spacial score (nSPS) is 26.8. The Morgan fingerprint density at radius 1 is 1.33 bits per heavy atom. The van der Waals surface area contributed by atoms with Gasteiger partial charge in [-0.15, -0.1) is 0 Å². The Kier molecular flexibility index (Phi) is 2.63. The average molecular weight is 242 g/mol. The van der Waals surface area contributed by atoms with Gasteiger partial charge in [-0.2, -0.15) is 5.10 Å². The maximum atomic E-state index is 10.7. The molecule has 0 heterocycles. The fourth-order valence-corrected chi connectivity index (χ4v) is 2.49. The van der Waals surface area contributed by atoms with Gasteiger partial charge in [-0.3, -0.25) is 5.43 Å². The molecule has 1 aromatic rings. The Morgan fingerprint density at radius 2 is 2.11 bits per heavy atom. The second kappa shape index (κ2) is 4.29. The molecule has 0 saturated heterocycles. The van der Waals surface area contributed by atoms with Crippen molar-refractivity contribution in [3.8, 4) is 0 Å². The number of aromatic carboxylic acids is 1. The van der Waals surface area contributed by atoms with Crippen LogP contribution in [0.1, 0.15) is 23.2 Å². The molecule has 4 heteroatoms. The summed E-state index contributed by atoms with van der Waals surface area (Å²) in [5.74, 6) is 0.377. The molecule has 2 atom stereocenters. The molecule has 0 aromatic heterocycles. The molecular weight excluding hydrogens is 228 g/mol. The van der Waals surface area contributed by atoms with Crippen molar-refractivity contribution < 1.29 is 9.90 Å². The van der Waals surface area contributed by atoms with E-state index in [1.165, 1.54) is 5.71 Å². The molecule has 1 aromatic carbocycles. The number of nitrogens with zero attached hydrogens (tertiary/aromatic N) is 1. The van der Waals surface area contributed by atoms with Gasteiger partial charge in [-0.25, -0.2) is 4.79 Å². The van der Waals surface area contributed by atoms with Gasteiger partial charge in [0.2, 0.25) is 0 Å². The maximum Gasteiger partial charge on any atom is 0.335 e. The van der Waals surface area contributed by atoms with E-state index in [-0.39, 0.29) is 5.56 Å². The second-order valence-electron chi connectivity index (χ2n) is 4.74. The number of carbonyl (C=O) groups is 1. The van der Waals surface area contributed by atoms with Gasteiger partial charge >= 0.3 is 5.97 Å². The fourth-order valence-electron chi connectivity index (χ4n) is 2.49. The Hall–Kier alpha value is -2.10. The summed E-state index contributed by atoms with van der Waals surface area (Å²) < 4.78 is 0. The number of hydrazone groups is 1. The number of nitrogens with one attached hydrogen (secondary N) is 1. The van der Waals surface area contributed by atoms with Crippen molar-refractivity contribution >= 4 is 17.4 Å². The largest absolute Gasteiger partial charge is 0.478 e. The third-order valence-electron chi connectivity index (χ3n) is 3.62. The number of hydrogen-bond donors (Lipinski definition) is 2. The predicted octanol–water partition coefficient (Wildman–Crippen LogP) is 2.75. The minimum atomic E-state index is -0.910. The summed E-state index contributed by atoms with van der Waals surface area (Å²) in [6.07, 6.45) is 6.63. The van der Waals surface area contributed by atoms with Gasteiger partial charge in [0.05, 0.1) is 11.3 Å². The number of hydrogen-bond acceptors (Lipinski definition) is 3. The van der Waals surface area contributed by atoms with E-state index in [1.807, 2.05) is 0 Å². The summed E-state index contributed by atoms with van der Waals surface area (Å²) in [5.41, 5.74) is 5.32. The first kappa shape index (κ1) is 11.0. The Labute approximate surface area is 105 Å². The summed E-state index contributed by atoms with van der Waals surface area (Å²) in [6, 6.07) is 6.62. The van der Waals surface area contributed by atoms with Crippen LogP contribution in [0.4, 0.5) is 5.69 Å². The van der Waals surface area contributed by atoms with E-state index >= 15 is 0 Å². The smallest absolute Gasteiger partial charge is 0.335 e. The highest BCUT2D eigenvalue weighted by Crippen LogP contribution is 2.40. The van der Waals surface area contributed by atoms with Crippen LogP contribution >= 0.6 is 0 Å². The van der Waals surface area contributed by atoms with Gasteiger partial charge in [0, 0.05) is 11.6 Å². The highest BCUT2D eigenvalue weighted by Gasteiger charge is 2.37. The minimum Gasteiger partial charge on any atom is -0.478 e. The molecular formula is C14H14N2O2. The molecule has 2 N–H and O–H groups in total. The lowest BCUT2D eigenvalue weighted by atomic mass is 9.74. The highest BCUT2D eigenvalue weighted by molar-refractivity contribution is 5.94. The van der Waals surface area contributed by atoms with E-state index in [0.29, 0.717) is 11.8 Å². The lowest BCUT2D eigenvalue weighted by Crippen LogP contribution is -2.33. The first-order valence-corrected chi connectivity index (χ1v) is 6.06. The van der Waals surface area contributed by atoms with Crippen LogP contribution in [0, 0.1) is 11.8 Å². The predicted molar refractivity (Wildman–Crippen MR) is 69.8 cm³/mol. The topological polar surface area (TPSA) is 61.7 Å². The third-order valence-corrected chi connectivity index (χ3v) is 3.62. The molecule has 2 aliphatic carbocycles. The minimum absolute atomic E-state index is 0.289. The van der Waals surface area contributed by atoms with Crippen LogP contribution in [-0.2, 0) is 0 Å². The number of rotatable bonds is 3. The summed E-state index contributed by atoms with van der Waals surface area (Å²) in [7, 11) is 0. The zero-order valence-corrected chi connectivity index (χ0v) is 9.84. The maximum absolute atomic E-state index is 10.7. The third kappa shape index (κ3) is 1.90. The molecule has 3 rings (SSSR count). The number of anilines is 1. The molecule has 1 saturated carbocycles. The molecule has 0 radical (unpaired) electrons. The summed E-state index contributed by atoms with van der Waals surface area (Å²) in [4.78, 5) is 10.7. The highest BCUT2D eigenvalue weighted by atomic mass is 16.4. The molecule has 92 valence electrons. The van der Waals surface area contributed by atoms with Gasteiger partial charge < -0.3 is 5.11 Å². The van der Waals surface area contributed by atoms with Gasteiger partial charge in [0.25, 0.3) is 0 Å². The van der Waals surface area contributed by atoms with E-state index in [4.69, 9.17) is 5.11 Å². The first-order chi connectivity index (χ1) is 8.74. The zero-order valence-electron chi connectivity index (χ0n) is 9.84. The van der Waals surface area contributed by atoms with Crippen LogP contribution in [0.15, 0.2) is 41.5 Å². The lowest BCUT2D eigenvalue weighted by molar-refractivity contribution is 0.0697. The molecule has 1 fully saturated rings. The van der Waals surface area contributed by atoms with Crippen LogP contribution in [-0.4, -0.2) is 16.8 Å². The standard InChI is InChI=1S/C14H14N2O2/c17-14(18)9-4-6-11(7-5-9)15-16-13-8-10-2-1-3-12(10)13/h1-2,4-7,10,12,15H,3,8H2,(H,17,18)/b16-13-/t10-,12-/m0/s1. The number of fused-ring (bicyclic) bond motifs is 1. The second-order valence-corrected chi connectivity index (χ2v) is 4.74. The van der Waals surface area contributed by atoms with E-state index < -0.39 is 5.97 Å². The number of carboxylic acids is 1. The molecule has 2 aliphatic rings. The van der Waals surface area contributed by atoms with Gasteiger partial charge in [-0.05, 0) is 43.0 Å². The SMILES string of the molecule is O=C(O)c1ccc(N/N=C2/C[C@@H]3C=CC[C@H]23)cc1. The zero-order chi connectivity index (χ0) is 12.5. The molecule has 0 bridgehead atoms. The van der Waals surface area contributed by atoms with E-state index in [2.05, 4.69) is 22.7 Å². The molecule has 0 aliphatic heterocycles. The first-order valence-electron chi connectivity index (χ1n) is 6.06. The Bertz CT molecular complexity index is 531. The fraction of sp³-hybridized carbons (Fsp3) is 0.286. The number of carboxylic acid groups (broad SMARTS) is 1. The molecule has 0 unspecified atom stereocenters. The van der Waals surface area contributed by atoms with Crippen molar-refractivity contribution in [3.05, 3.63) is 42.0 Å². The van der Waals surface area contributed by atoms with Crippen molar-refractivity contribution in [1.29, 1.82) is 0 Å². The van der Waals surface area contributed by atoms with Gasteiger partial charge in [0.1, 0.15) is 0 Å². The number of allylic oxidation sites excluding steroid dienone is 2. The van der Waals surface area contributed by atoms with Crippen LogP contribution in [0.5, 0.6) is 0 Å². The number of benzene rings is 1. The van der Waals surface area contributed by atoms with Crippen molar-refractivity contribution in [2.45, 2.75) is 12.8 Å². The van der Waals surface area contributed by atoms with Crippen molar-refractivity contribution in [3.63, 3.8) is 0 Å². The van der Waals surface area contributed by atoms with Crippen LogP contribution in [0.2, 0.25) is 0 Å². The molecule has 0 spiro atoms. The van der Waals surface area contributed by atoms with Crippen molar-refractivity contribution in [2.24, 2.45) is 16.9 Å². The average Bonchev–Trinajstić information content (AvgIpc) is 2.72. The summed E-state index contributed by atoms with van der Waals surface area (Å²) in [6.45, 7) is 0. The Morgan fingerprint density at radius 3 is 2.78 bits per heavy atom. The van der Waals surface area contributed by atoms with E-state index in [9.17, 15) is 4.79 Å². The van der Waals surface area contributed by atoms with Crippen LogP contribution < -0.4 is 5.43 Å². The molecule has 0 amide bonds. The van der Waals surface area contributed by atoms with Crippen LogP contribution in [0.25, 0.3) is 0 Å². The van der Waals surface area contributed by atoms with Gasteiger partial charge in [0.15, 0.2) is 0 Å². The van der Waals surface area contributed by atoms with Crippen LogP contribution in [0.3, 0.4) is 0 Å². The summed E-state index contributed by atoms with van der Waals surface area (Å²) >= 11 is 0. The quantitative estimate of drug-likeness (QED) is 0.632.